The van der Waals surface area contributed by atoms with Crippen LogP contribution in [-0.4, -0.2) is 56.3 Å². The van der Waals surface area contributed by atoms with Gasteiger partial charge in [0, 0.05) is 36.6 Å². The Morgan fingerprint density at radius 3 is 2.26 bits per heavy atom. The van der Waals surface area contributed by atoms with Gasteiger partial charge in [-0.15, -0.1) is 0 Å². The number of unbranched alkanes of at least 4 members (excludes halogenated alkanes) is 1. The van der Waals surface area contributed by atoms with Gasteiger partial charge in [-0.3, -0.25) is 0 Å². The van der Waals surface area contributed by atoms with Crippen molar-refractivity contribution in [1.29, 1.82) is 0 Å². The van der Waals surface area contributed by atoms with Crippen molar-refractivity contribution in [2.24, 2.45) is 11.8 Å². The van der Waals surface area contributed by atoms with Gasteiger partial charge >= 0.3 is 6.09 Å². The highest BCUT2D eigenvalue weighted by atomic mass is 35.5. The highest BCUT2D eigenvalue weighted by molar-refractivity contribution is 7.89. The maximum atomic E-state index is 12.6. The minimum absolute atomic E-state index is 0.231. The molecule has 0 bridgehead atoms. The standard InChI is InChI=1S/C31H43ClN6O4S/c1-31(2,3)42-30(39)34-19-7-6-18-33-28-26-8-4-5-9-27(26)37-29(38-28)35-20-22-10-12-23(13-11-22)21-36-43(40,41)25-16-14-24(32)15-17-25/h4-5,8-9,14-17,22-23,36H,6-7,10-13,18-21H2,1-3H3,(H,34,39)(H2,33,35,37,38)/t22-,23-. The van der Waals surface area contributed by atoms with E-state index in [9.17, 15) is 13.2 Å². The smallest absolute Gasteiger partial charge is 0.407 e. The third-order valence-corrected chi connectivity index (χ3v) is 9.06. The van der Waals surface area contributed by atoms with Crippen LogP contribution >= 0.6 is 11.6 Å². The molecule has 2 aromatic carbocycles. The van der Waals surface area contributed by atoms with Crippen LogP contribution in [-0.2, 0) is 14.8 Å². The molecule has 0 aliphatic heterocycles. The molecule has 0 radical (unpaired) electrons. The zero-order chi connectivity index (χ0) is 30.9. The lowest BCUT2D eigenvalue weighted by atomic mass is 9.82. The SMILES string of the molecule is CC(C)(C)OC(=O)NCCCCNc1nc(NC[C@H]2CC[C@H](CNS(=O)(=O)c3ccc(Cl)cc3)CC2)nc2ccccc12. The lowest BCUT2D eigenvalue weighted by Crippen LogP contribution is -2.33. The molecule has 43 heavy (non-hydrogen) atoms. The van der Waals surface area contributed by atoms with Gasteiger partial charge in [0.1, 0.15) is 11.4 Å². The monoisotopic (exact) mass is 630 g/mol. The summed E-state index contributed by atoms with van der Waals surface area (Å²) in [6.45, 7) is 7.99. The summed E-state index contributed by atoms with van der Waals surface area (Å²) in [4.78, 5) is 21.5. The van der Waals surface area contributed by atoms with Crippen molar-refractivity contribution in [1.82, 2.24) is 20.0 Å². The number of carbonyl (C=O) groups excluding carboxylic acids is 1. The quantitative estimate of drug-likeness (QED) is 0.164. The molecule has 1 saturated carbocycles. The number of ether oxygens (including phenoxy) is 1. The molecule has 0 saturated heterocycles. The Morgan fingerprint density at radius 1 is 0.907 bits per heavy atom. The maximum Gasteiger partial charge on any atom is 0.407 e. The number of hydrogen-bond acceptors (Lipinski definition) is 8. The Morgan fingerprint density at radius 2 is 1.56 bits per heavy atom. The molecule has 3 aromatic rings. The average molecular weight is 631 g/mol. The van der Waals surface area contributed by atoms with E-state index in [-0.39, 0.29) is 4.90 Å². The summed E-state index contributed by atoms with van der Waals surface area (Å²) in [5.74, 6) is 2.15. The third-order valence-electron chi connectivity index (χ3n) is 7.37. The van der Waals surface area contributed by atoms with E-state index in [1.807, 2.05) is 45.0 Å². The van der Waals surface area contributed by atoms with Crippen molar-refractivity contribution in [2.75, 3.05) is 36.8 Å². The van der Waals surface area contributed by atoms with Crippen LogP contribution in [0, 0.1) is 11.8 Å². The van der Waals surface area contributed by atoms with Gasteiger partial charge in [-0.2, -0.15) is 4.98 Å². The Labute approximate surface area is 259 Å². The molecule has 0 spiro atoms. The zero-order valence-electron chi connectivity index (χ0n) is 25.2. The van der Waals surface area contributed by atoms with Crippen LogP contribution in [0.2, 0.25) is 5.02 Å². The highest BCUT2D eigenvalue weighted by Gasteiger charge is 2.24. The van der Waals surface area contributed by atoms with Crippen molar-refractivity contribution in [3.8, 4) is 0 Å². The molecule has 234 valence electrons. The number of amides is 1. The number of aromatic nitrogens is 2. The van der Waals surface area contributed by atoms with E-state index in [0.717, 1.165) is 61.8 Å². The predicted molar refractivity (Wildman–Crippen MR) is 172 cm³/mol. The molecule has 10 nitrogen and oxygen atoms in total. The number of nitrogens with one attached hydrogen (secondary N) is 4. The van der Waals surface area contributed by atoms with Gasteiger partial charge < -0.3 is 20.7 Å². The summed E-state index contributed by atoms with van der Waals surface area (Å²) in [6, 6.07) is 14.1. The Kier molecular flexibility index (Phi) is 11.5. The lowest BCUT2D eigenvalue weighted by Gasteiger charge is -2.28. The average Bonchev–Trinajstić information content (AvgIpc) is 2.96. The summed E-state index contributed by atoms with van der Waals surface area (Å²) in [5, 5.41) is 11.1. The number of para-hydroxylation sites is 1. The van der Waals surface area contributed by atoms with Crippen molar-refractivity contribution in [2.45, 2.75) is 69.8 Å². The third kappa shape index (κ3) is 10.5. The second-order valence-corrected chi connectivity index (χ2v) is 14.3. The highest BCUT2D eigenvalue weighted by Crippen LogP contribution is 2.29. The number of fused-ring (bicyclic) bond motifs is 1. The van der Waals surface area contributed by atoms with Crippen molar-refractivity contribution < 1.29 is 17.9 Å². The first-order valence-corrected chi connectivity index (χ1v) is 16.8. The fourth-order valence-electron chi connectivity index (χ4n) is 5.05. The van der Waals surface area contributed by atoms with E-state index in [1.165, 1.54) is 12.1 Å². The summed E-state index contributed by atoms with van der Waals surface area (Å²) >= 11 is 5.88. The molecule has 0 atom stereocenters. The minimum Gasteiger partial charge on any atom is -0.444 e. The molecule has 1 amide bonds. The largest absolute Gasteiger partial charge is 0.444 e. The van der Waals surface area contributed by atoms with Crippen LogP contribution in [0.1, 0.15) is 59.3 Å². The first-order valence-electron chi connectivity index (χ1n) is 14.9. The second kappa shape index (κ2) is 15.0. The van der Waals surface area contributed by atoms with Gasteiger partial charge in [0.2, 0.25) is 16.0 Å². The normalized spacial score (nSPS) is 17.4. The fourth-order valence-corrected chi connectivity index (χ4v) is 6.29. The van der Waals surface area contributed by atoms with Gasteiger partial charge in [-0.25, -0.2) is 22.9 Å². The van der Waals surface area contributed by atoms with E-state index in [1.54, 1.807) is 12.1 Å². The Balaban J connectivity index is 1.21. The lowest BCUT2D eigenvalue weighted by molar-refractivity contribution is 0.0527. The van der Waals surface area contributed by atoms with Gasteiger partial charge in [-0.05, 0) is 108 Å². The zero-order valence-corrected chi connectivity index (χ0v) is 26.7. The van der Waals surface area contributed by atoms with Crippen LogP contribution in [0.15, 0.2) is 53.4 Å². The number of rotatable bonds is 13. The van der Waals surface area contributed by atoms with Crippen molar-refractivity contribution >= 4 is 50.4 Å². The number of sulfonamides is 1. The summed E-state index contributed by atoms with van der Waals surface area (Å²) < 4.78 is 33.2. The first kappa shape index (κ1) is 32.8. The molecule has 4 N–H and O–H groups in total. The number of carbonyl (C=O) groups is 1. The molecule has 4 rings (SSSR count). The van der Waals surface area contributed by atoms with Gasteiger partial charge in [0.25, 0.3) is 0 Å². The first-order chi connectivity index (χ1) is 20.5. The molecule has 1 aliphatic rings. The predicted octanol–water partition coefficient (Wildman–Crippen LogP) is 6.20. The minimum atomic E-state index is -3.54. The molecular weight excluding hydrogens is 588 g/mol. The summed E-state index contributed by atoms with van der Waals surface area (Å²) in [6.07, 6.45) is 5.21. The molecule has 0 unspecified atom stereocenters. The molecule has 1 aliphatic carbocycles. The number of nitrogens with zero attached hydrogens (tertiary/aromatic N) is 2. The molecule has 1 aromatic heterocycles. The maximum absolute atomic E-state index is 12.6. The van der Waals surface area contributed by atoms with Gasteiger partial charge in [0.05, 0.1) is 10.4 Å². The Bertz CT molecular complexity index is 1460. The van der Waals surface area contributed by atoms with Crippen molar-refractivity contribution in [3.05, 3.63) is 53.6 Å². The second-order valence-electron chi connectivity index (χ2n) is 12.0. The molecule has 1 fully saturated rings. The molecule has 1 heterocycles. The number of alkyl carbamates (subject to hydrolysis) is 1. The van der Waals surface area contributed by atoms with E-state index >= 15 is 0 Å². The van der Waals surface area contributed by atoms with Crippen LogP contribution in [0.25, 0.3) is 10.9 Å². The van der Waals surface area contributed by atoms with Gasteiger partial charge in [0.15, 0.2) is 0 Å². The van der Waals surface area contributed by atoms with Crippen LogP contribution in [0.4, 0.5) is 16.6 Å². The number of anilines is 2. The molecule has 12 heteroatoms. The molecular formula is C31H43ClN6O4S. The number of benzene rings is 2. The Hall–Kier alpha value is -3.15. The van der Waals surface area contributed by atoms with Crippen LogP contribution in [0.5, 0.6) is 0 Å². The topological polar surface area (TPSA) is 134 Å². The van der Waals surface area contributed by atoms with Crippen LogP contribution < -0.4 is 20.7 Å². The number of hydrogen-bond donors (Lipinski definition) is 4. The number of halogens is 1. The van der Waals surface area contributed by atoms with E-state index < -0.39 is 21.7 Å². The summed E-state index contributed by atoms with van der Waals surface area (Å²) in [5.41, 5.74) is 0.359. The fraction of sp³-hybridized carbons (Fsp3) is 0.516. The van der Waals surface area contributed by atoms with Crippen LogP contribution in [0.3, 0.4) is 0 Å². The van der Waals surface area contributed by atoms with Gasteiger partial charge in [-0.1, -0.05) is 23.7 Å². The van der Waals surface area contributed by atoms with Crippen molar-refractivity contribution in [3.63, 3.8) is 0 Å². The van der Waals surface area contributed by atoms with E-state index in [2.05, 4.69) is 20.7 Å². The van der Waals surface area contributed by atoms with E-state index in [4.69, 9.17) is 26.3 Å². The van der Waals surface area contributed by atoms with E-state index in [0.29, 0.717) is 42.4 Å². The summed E-state index contributed by atoms with van der Waals surface area (Å²) in [7, 11) is -3.54.